The summed E-state index contributed by atoms with van der Waals surface area (Å²) in [5, 5.41) is 8.77. The molecule has 0 saturated heterocycles. The van der Waals surface area contributed by atoms with Crippen molar-refractivity contribution in [1.82, 2.24) is 4.90 Å². The van der Waals surface area contributed by atoms with Gasteiger partial charge < -0.3 is 4.90 Å². The van der Waals surface area contributed by atoms with Gasteiger partial charge in [-0.1, -0.05) is 110 Å². The highest BCUT2D eigenvalue weighted by Crippen LogP contribution is 2.34. The van der Waals surface area contributed by atoms with Gasteiger partial charge in [-0.3, -0.25) is 5.41 Å². The van der Waals surface area contributed by atoms with Gasteiger partial charge in [0.25, 0.3) is 0 Å². The second-order valence-electron chi connectivity index (χ2n) is 10.1. The standard InChI is InChI=1S/C33H48N2/c1-9-13-15-25(7)28-16-18-29(19-17-28)30-20-21-31(27(12-4)14-10-2)32(23-30)26(8)35(22-11-3)33(34)24(5)6/h12,16-21,23-25,34H,8-11,13-15,22H2,1-7H3/b27-12-,34-33?. The average molecular weight is 473 g/mol. The van der Waals surface area contributed by atoms with Crippen molar-refractivity contribution in [1.29, 1.82) is 5.41 Å². The quantitative estimate of drug-likeness (QED) is 0.228. The minimum Gasteiger partial charge on any atom is -0.330 e. The Labute approximate surface area is 215 Å². The van der Waals surface area contributed by atoms with E-state index in [1.807, 2.05) is 0 Å². The molecule has 0 aliphatic heterocycles. The number of benzene rings is 2. The van der Waals surface area contributed by atoms with Crippen LogP contribution in [0.5, 0.6) is 0 Å². The molecule has 1 atom stereocenters. The van der Waals surface area contributed by atoms with Crippen LogP contribution in [0.1, 0.15) is 110 Å². The van der Waals surface area contributed by atoms with Crippen molar-refractivity contribution in [3.8, 4) is 11.1 Å². The summed E-state index contributed by atoms with van der Waals surface area (Å²) in [5.74, 6) is 1.39. The maximum Gasteiger partial charge on any atom is 0.103 e. The summed E-state index contributed by atoms with van der Waals surface area (Å²) in [4.78, 5) is 2.12. The van der Waals surface area contributed by atoms with Gasteiger partial charge in [-0.05, 0) is 66.0 Å². The summed E-state index contributed by atoms with van der Waals surface area (Å²) in [6, 6.07) is 15.9. The van der Waals surface area contributed by atoms with Crippen molar-refractivity contribution in [2.24, 2.45) is 5.92 Å². The maximum atomic E-state index is 8.77. The van der Waals surface area contributed by atoms with Crippen LogP contribution in [-0.4, -0.2) is 17.3 Å². The van der Waals surface area contributed by atoms with Gasteiger partial charge in [0.1, 0.15) is 5.84 Å². The Morgan fingerprint density at radius 2 is 1.57 bits per heavy atom. The molecule has 2 aromatic rings. The first-order chi connectivity index (χ1) is 16.8. The van der Waals surface area contributed by atoms with E-state index in [9.17, 15) is 0 Å². The van der Waals surface area contributed by atoms with E-state index in [4.69, 9.17) is 5.41 Å². The van der Waals surface area contributed by atoms with Crippen molar-refractivity contribution in [3.63, 3.8) is 0 Å². The van der Waals surface area contributed by atoms with Crippen LogP contribution in [0.25, 0.3) is 22.4 Å². The lowest BCUT2D eigenvalue weighted by Gasteiger charge is -2.30. The summed E-state index contributed by atoms with van der Waals surface area (Å²) >= 11 is 0. The molecule has 0 aliphatic carbocycles. The van der Waals surface area contributed by atoms with E-state index in [-0.39, 0.29) is 5.92 Å². The summed E-state index contributed by atoms with van der Waals surface area (Å²) in [7, 11) is 0. The van der Waals surface area contributed by atoms with Gasteiger partial charge in [-0.25, -0.2) is 0 Å². The van der Waals surface area contributed by atoms with Crippen LogP contribution in [-0.2, 0) is 0 Å². The first-order valence-electron chi connectivity index (χ1n) is 13.7. The molecule has 190 valence electrons. The summed E-state index contributed by atoms with van der Waals surface area (Å²) in [5.41, 5.74) is 8.52. The lowest BCUT2D eigenvalue weighted by molar-refractivity contribution is 0.534. The Hall–Kier alpha value is -2.61. The Bertz CT molecular complexity index is 994. The molecule has 0 saturated carbocycles. The number of hydrogen-bond acceptors (Lipinski definition) is 1. The Morgan fingerprint density at radius 3 is 2.11 bits per heavy atom. The van der Waals surface area contributed by atoms with Crippen LogP contribution in [0.15, 0.2) is 55.1 Å². The number of unbranched alkanes of at least 4 members (excludes halogenated alkanes) is 1. The van der Waals surface area contributed by atoms with E-state index in [1.165, 1.54) is 47.1 Å². The molecule has 0 spiro atoms. The predicted molar refractivity (Wildman–Crippen MR) is 157 cm³/mol. The fourth-order valence-electron chi connectivity index (χ4n) is 4.71. The highest BCUT2D eigenvalue weighted by Gasteiger charge is 2.20. The fraction of sp³-hybridized carbons (Fsp3) is 0.485. The third-order valence-electron chi connectivity index (χ3n) is 6.96. The molecule has 0 bridgehead atoms. The van der Waals surface area contributed by atoms with E-state index in [1.54, 1.807) is 0 Å². The van der Waals surface area contributed by atoms with Crippen molar-refractivity contribution < 1.29 is 0 Å². The van der Waals surface area contributed by atoms with Crippen LogP contribution in [0.3, 0.4) is 0 Å². The summed E-state index contributed by atoms with van der Waals surface area (Å²) in [6.45, 7) is 20.7. The van der Waals surface area contributed by atoms with Crippen LogP contribution in [0, 0.1) is 11.3 Å². The molecule has 1 N–H and O–H groups in total. The maximum absolute atomic E-state index is 8.77. The molecular formula is C33H48N2. The van der Waals surface area contributed by atoms with Gasteiger partial charge in [0, 0.05) is 23.7 Å². The number of amidine groups is 1. The average Bonchev–Trinajstić information content (AvgIpc) is 2.88. The van der Waals surface area contributed by atoms with E-state index in [0.717, 1.165) is 37.1 Å². The van der Waals surface area contributed by atoms with Crippen molar-refractivity contribution in [2.75, 3.05) is 6.54 Å². The largest absolute Gasteiger partial charge is 0.330 e. The molecule has 0 fully saturated rings. The smallest absolute Gasteiger partial charge is 0.103 e. The Morgan fingerprint density at radius 1 is 0.914 bits per heavy atom. The zero-order valence-corrected chi connectivity index (χ0v) is 23.4. The molecule has 0 amide bonds. The van der Waals surface area contributed by atoms with Crippen LogP contribution >= 0.6 is 0 Å². The molecule has 0 aliphatic rings. The second-order valence-corrected chi connectivity index (χ2v) is 10.1. The lowest BCUT2D eigenvalue weighted by atomic mass is 9.89. The van der Waals surface area contributed by atoms with Crippen molar-refractivity contribution >= 4 is 17.1 Å². The highest BCUT2D eigenvalue weighted by molar-refractivity contribution is 5.92. The van der Waals surface area contributed by atoms with Gasteiger partial charge in [0.15, 0.2) is 0 Å². The van der Waals surface area contributed by atoms with Gasteiger partial charge in [0.2, 0.25) is 0 Å². The molecule has 1 unspecified atom stereocenters. The van der Waals surface area contributed by atoms with E-state index < -0.39 is 0 Å². The minimum absolute atomic E-state index is 0.156. The first kappa shape index (κ1) is 28.6. The Kier molecular flexibility index (Phi) is 11.5. The second kappa shape index (κ2) is 14.1. The molecular weight excluding hydrogens is 424 g/mol. The Balaban J connectivity index is 2.54. The molecule has 2 aromatic carbocycles. The van der Waals surface area contributed by atoms with E-state index >= 15 is 0 Å². The van der Waals surface area contributed by atoms with Crippen molar-refractivity contribution in [3.05, 3.63) is 71.8 Å². The highest BCUT2D eigenvalue weighted by atomic mass is 15.2. The third-order valence-corrected chi connectivity index (χ3v) is 6.96. The summed E-state index contributed by atoms with van der Waals surface area (Å²) < 4.78 is 0. The van der Waals surface area contributed by atoms with Crippen LogP contribution < -0.4 is 0 Å². The molecule has 0 radical (unpaired) electrons. The topological polar surface area (TPSA) is 27.1 Å². The number of rotatable bonds is 13. The number of nitrogens with zero attached hydrogens (tertiary/aromatic N) is 1. The summed E-state index contributed by atoms with van der Waals surface area (Å²) in [6.07, 6.45) is 9.12. The lowest BCUT2D eigenvalue weighted by Crippen LogP contribution is -2.33. The third kappa shape index (κ3) is 7.43. The van der Waals surface area contributed by atoms with Gasteiger partial charge in [-0.2, -0.15) is 0 Å². The molecule has 35 heavy (non-hydrogen) atoms. The number of nitrogens with one attached hydrogen (secondary N) is 1. The van der Waals surface area contributed by atoms with Crippen LogP contribution in [0.4, 0.5) is 0 Å². The zero-order valence-electron chi connectivity index (χ0n) is 23.4. The SMILES string of the molecule is C=C(c1cc(-c2ccc(C(C)CCCC)cc2)ccc1/C(=C\C)CCC)N(CCC)C(=N)C(C)C. The fourth-order valence-corrected chi connectivity index (χ4v) is 4.71. The van der Waals surface area contributed by atoms with Crippen LogP contribution in [0.2, 0.25) is 0 Å². The normalized spacial score (nSPS) is 12.6. The molecule has 0 aromatic heterocycles. The molecule has 2 nitrogen and oxygen atoms in total. The minimum atomic E-state index is 0.156. The van der Waals surface area contributed by atoms with Gasteiger partial charge in [-0.15, -0.1) is 0 Å². The molecule has 2 heteroatoms. The molecule has 0 heterocycles. The van der Waals surface area contributed by atoms with Gasteiger partial charge >= 0.3 is 0 Å². The first-order valence-corrected chi connectivity index (χ1v) is 13.7. The molecule has 2 rings (SSSR count). The van der Waals surface area contributed by atoms with Crippen molar-refractivity contribution in [2.45, 2.75) is 92.9 Å². The van der Waals surface area contributed by atoms with Gasteiger partial charge in [0.05, 0.1) is 0 Å². The number of hydrogen-bond donors (Lipinski definition) is 1. The number of allylic oxidation sites excluding steroid dienone is 2. The zero-order chi connectivity index (χ0) is 26.0. The van der Waals surface area contributed by atoms with E-state index in [0.29, 0.717) is 11.8 Å². The van der Waals surface area contributed by atoms with E-state index in [2.05, 4.69) is 108 Å². The predicted octanol–water partition coefficient (Wildman–Crippen LogP) is 10.2. The monoisotopic (exact) mass is 472 g/mol.